The Hall–Kier alpha value is -2.34. The second kappa shape index (κ2) is 7.72. The molecule has 0 aliphatic heterocycles. The number of nitrogens with one attached hydrogen (secondary N) is 1. The van der Waals surface area contributed by atoms with Crippen molar-refractivity contribution in [2.45, 2.75) is 38.6 Å². The number of carbonyl (C=O) groups excluding carboxylic acids is 1. The highest BCUT2D eigenvalue weighted by Crippen LogP contribution is 2.25. The first-order chi connectivity index (χ1) is 12.8. The molecule has 0 fully saturated rings. The van der Waals surface area contributed by atoms with E-state index in [0.717, 1.165) is 29.0 Å². The Balaban J connectivity index is 1.75. The number of nitrogens with zero attached hydrogens (tertiary/aromatic N) is 1. The minimum absolute atomic E-state index is 0.124. The molecule has 1 aliphatic carbocycles. The molecule has 0 heterocycles. The number of hydrogen-bond acceptors (Lipinski definition) is 3. The van der Waals surface area contributed by atoms with E-state index in [0.29, 0.717) is 11.3 Å². The summed E-state index contributed by atoms with van der Waals surface area (Å²) >= 11 is 0. The Morgan fingerprint density at radius 3 is 2.48 bits per heavy atom. The zero-order valence-corrected chi connectivity index (χ0v) is 16.8. The Kier molecular flexibility index (Phi) is 5.56. The van der Waals surface area contributed by atoms with Crippen LogP contribution in [0, 0.1) is 0 Å². The molecule has 1 unspecified atom stereocenters. The summed E-state index contributed by atoms with van der Waals surface area (Å²) in [7, 11) is -1.90. The molecule has 0 aromatic heterocycles. The number of rotatable bonds is 5. The summed E-state index contributed by atoms with van der Waals surface area (Å²) in [6, 6.07) is 13.0. The van der Waals surface area contributed by atoms with Gasteiger partial charge in [-0.15, -0.1) is 0 Å². The fraction of sp³-hybridized carbons (Fsp3) is 0.381. The summed E-state index contributed by atoms with van der Waals surface area (Å²) in [5.41, 5.74) is 4.80. The third kappa shape index (κ3) is 4.50. The highest BCUT2D eigenvalue weighted by atomic mass is 32.2. The van der Waals surface area contributed by atoms with Crippen LogP contribution in [0.2, 0.25) is 0 Å². The third-order valence-electron chi connectivity index (χ3n) is 5.19. The number of carbonyl (C=O) groups is 1. The predicted molar refractivity (Wildman–Crippen MR) is 109 cm³/mol. The van der Waals surface area contributed by atoms with Gasteiger partial charge < -0.3 is 5.32 Å². The van der Waals surface area contributed by atoms with Crippen molar-refractivity contribution in [2.24, 2.45) is 0 Å². The summed E-state index contributed by atoms with van der Waals surface area (Å²) in [6.07, 6.45) is 5.84. The maximum atomic E-state index is 12.7. The van der Waals surface area contributed by atoms with Crippen molar-refractivity contribution in [2.75, 3.05) is 17.6 Å². The number of fused-ring (bicyclic) bond motifs is 1. The molecule has 3 rings (SSSR count). The maximum Gasteiger partial charge on any atom is 0.251 e. The molecular weight excluding hydrogens is 360 g/mol. The molecule has 6 heteroatoms. The summed E-state index contributed by atoms with van der Waals surface area (Å²) < 4.78 is 24.6. The van der Waals surface area contributed by atoms with Gasteiger partial charge in [0.25, 0.3) is 5.91 Å². The number of amides is 1. The van der Waals surface area contributed by atoms with Gasteiger partial charge in [0, 0.05) is 12.6 Å². The number of anilines is 1. The molecule has 1 N–H and O–H groups in total. The molecule has 0 saturated carbocycles. The van der Waals surface area contributed by atoms with Gasteiger partial charge in [0.1, 0.15) is 0 Å². The first-order valence-corrected chi connectivity index (χ1v) is 11.1. The standard InChI is InChI=1S/C21H26N2O3S/c1-15(17-12-11-16-7-4-5-8-18(16)13-17)22-21(24)19-9-6-10-20(14-19)23(2)27(3,25)26/h6,9-15H,4-5,7-8H2,1-3H3,(H,22,24). The van der Waals surface area contributed by atoms with Crippen LogP contribution < -0.4 is 9.62 Å². The molecule has 0 radical (unpaired) electrons. The van der Waals surface area contributed by atoms with Crippen LogP contribution in [0.4, 0.5) is 5.69 Å². The lowest BCUT2D eigenvalue weighted by molar-refractivity contribution is 0.0940. The van der Waals surface area contributed by atoms with E-state index in [-0.39, 0.29) is 11.9 Å². The van der Waals surface area contributed by atoms with E-state index in [1.165, 1.54) is 31.0 Å². The summed E-state index contributed by atoms with van der Waals surface area (Å²) in [5, 5.41) is 3.02. The summed E-state index contributed by atoms with van der Waals surface area (Å²) in [4.78, 5) is 12.7. The number of sulfonamides is 1. The van der Waals surface area contributed by atoms with Crippen molar-refractivity contribution in [3.63, 3.8) is 0 Å². The lowest BCUT2D eigenvalue weighted by Crippen LogP contribution is -2.28. The minimum atomic E-state index is -3.37. The second-order valence-corrected chi connectivity index (χ2v) is 9.22. The van der Waals surface area contributed by atoms with Gasteiger partial charge in [-0.2, -0.15) is 0 Å². The van der Waals surface area contributed by atoms with Gasteiger partial charge >= 0.3 is 0 Å². The molecule has 144 valence electrons. The zero-order chi connectivity index (χ0) is 19.6. The van der Waals surface area contributed by atoms with Crippen LogP contribution in [0.1, 0.15) is 52.9 Å². The average Bonchev–Trinajstić information content (AvgIpc) is 2.66. The second-order valence-electron chi connectivity index (χ2n) is 7.21. The van der Waals surface area contributed by atoms with Gasteiger partial charge in [-0.1, -0.05) is 24.3 Å². The monoisotopic (exact) mass is 386 g/mol. The van der Waals surface area contributed by atoms with Gasteiger partial charge in [-0.25, -0.2) is 8.42 Å². The SMILES string of the molecule is CC(NC(=O)c1cccc(N(C)S(C)(=O)=O)c1)c1ccc2c(c1)CCCC2. The maximum absolute atomic E-state index is 12.7. The number of hydrogen-bond donors (Lipinski definition) is 1. The van der Waals surface area contributed by atoms with Gasteiger partial charge in [-0.05, 0) is 67.5 Å². The fourth-order valence-corrected chi connectivity index (χ4v) is 3.92. The average molecular weight is 387 g/mol. The third-order valence-corrected chi connectivity index (χ3v) is 6.40. The van der Waals surface area contributed by atoms with Gasteiger partial charge in [0.05, 0.1) is 18.0 Å². The lowest BCUT2D eigenvalue weighted by Gasteiger charge is -2.20. The molecule has 0 saturated heterocycles. The van der Waals surface area contributed by atoms with Crippen molar-refractivity contribution in [3.8, 4) is 0 Å². The van der Waals surface area contributed by atoms with Crippen LogP contribution in [0.3, 0.4) is 0 Å². The Bertz CT molecular complexity index is 954. The van der Waals surface area contributed by atoms with Crippen LogP contribution in [-0.2, 0) is 22.9 Å². The van der Waals surface area contributed by atoms with Crippen molar-refractivity contribution >= 4 is 21.6 Å². The summed E-state index contributed by atoms with van der Waals surface area (Å²) in [6.45, 7) is 1.97. The van der Waals surface area contributed by atoms with Crippen LogP contribution in [-0.4, -0.2) is 27.6 Å². The summed E-state index contributed by atoms with van der Waals surface area (Å²) in [5.74, 6) is -0.219. The highest BCUT2D eigenvalue weighted by molar-refractivity contribution is 7.92. The van der Waals surface area contributed by atoms with Crippen LogP contribution >= 0.6 is 0 Å². The molecule has 2 aromatic rings. The topological polar surface area (TPSA) is 66.5 Å². The van der Waals surface area contributed by atoms with Gasteiger partial charge in [0.15, 0.2) is 0 Å². The molecule has 27 heavy (non-hydrogen) atoms. The Labute approximate surface area is 161 Å². The van der Waals surface area contributed by atoms with E-state index in [2.05, 4.69) is 23.5 Å². The molecule has 2 aromatic carbocycles. The smallest absolute Gasteiger partial charge is 0.251 e. The highest BCUT2D eigenvalue weighted by Gasteiger charge is 2.17. The molecule has 5 nitrogen and oxygen atoms in total. The van der Waals surface area contributed by atoms with Crippen LogP contribution in [0.5, 0.6) is 0 Å². The largest absolute Gasteiger partial charge is 0.346 e. The number of benzene rings is 2. The molecule has 0 spiro atoms. The van der Waals surface area contributed by atoms with E-state index < -0.39 is 10.0 Å². The van der Waals surface area contributed by atoms with E-state index in [4.69, 9.17) is 0 Å². The lowest BCUT2D eigenvalue weighted by atomic mass is 9.89. The fourth-order valence-electron chi connectivity index (χ4n) is 3.42. The van der Waals surface area contributed by atoms with Crippen molar-refractivity contribution in [1.29, 1.82) is 0 Å². The first kappa shape index (κ1) is 19.4. The first-order valence-electron chi connectivity index (χ1n) is 9.22. The Morgan fingerprint density at radius 1 is 1.07 bits per heavy atom. The normalized spacial score (nSPS) is 14.9. The van der Waals surface area contributed by atoms with Crippen molar-refractivity contribution in [1.82, 2.24) is 5.32 Å². The molecule has 1 amide bonds. The van der Waals surface area contributed by atoms with E-state index >= 15 is 0 Å². The van der Waals surface area contributed by atoms with E-state index in [1.54, 1.807) is 24.3 Å². The van der Waals surface area contributed by atoms with E-state index in [9.17, 15) is 13.2 Å². The minimum Gasteiger partial charge on any atom is -0.346 e. The van der Waals surface area contributed by atoms with Gasteiger partial charge in [-0.3, -0.25) is 9.10 Å². The van der Waals surface area contributed by atoms with E-state index in [1.807, 2.05) is 6.92 Å². The van der Waals surface area contributed by atoms with Crippen molar-refractivity contribution < 1.29 is 13.2 Å². The zero-order valence-electron chi connectivity index (χ0n) is 16.0. The van der Waals surface area contributed by atoms with Gasteiger partial charge in [0.2, 0.25) is 10.0 Å². The van der Waals surface area contributed by atoms with Crippen LogP contribution in [0.15, 0.2) is 42.5 Å². The molecule has 0 bridgehead atoms. The quantitative estimate of drug-likeness (QED) is 0.856. The molecular formula is C21H26N2O3S. The molecule has 1 aliphatic rings. The van der Waals surface area contributed by atoms with Crippen molar-refractivity contribution in [3.05, 3.63) is 64.7 Å². The molecule has 1 atom stereocenters. The predicted octanol–water partition coefficient (Wildman–Crippen LogP) is 3.45. The Morgan fingerprint density at radius 2 is 1.78 bits per heavy atom. The van der Waals surface area contributed by atoms with Crippen LogP contribution in [0.25, 0.3) is 0 Å². The number of aryl methyl sites for hydroxylation is 2.